The molecule has 2 aromatic rings. The van der Waals surface area contributed by atoms with Gasteiger partial charge >= 0.3 is 0 Å². The van der Waals surface area contributed by atoms with E-state index in [1.165, 1.54) is 16.7 Å². The first-order valence-electron chi connectivity index (χ1n) is 7.61. The fourth-order valence-electron chi connectivity index (χ4n) is 3.41. The lowest BCUT2D eigenvalue weighted by atomic mass is 10.1. The zero-order valence-corrected chi connectivity index (χ0v) is 12.8. The third-order valence-corrected chi connectivity index (χ3v) is 4.42. The van der Waals surface area contributed by atoms with Gasteiger partial charge < -0.3 is 5.11 Å². The molecule has 1 aromatic heterocycles. The Labute approximate surface area is 126 Å². The summed E-state index contributed by atoms with van der Waals surface area (Å²) < 4.78 is 1.87. The average Bonchev–Trinajstić information content (AvgIpc) is 3.02. The Morgan fingerprint density at radius 2 is 2.19 bits per heavy atom. The third kappa shape index (κ3) is 2.87. The van der Waals surface area contributed by atoms with Crippen molar-refractivity contribution in [1.29, 1.82) is 0 Å². The second-order valence-corrected chi connectivity index (χ2v) is 5.86. The molecule has 0 amide bonds. The molecule has 1 aliphatic carbocycles. The number of fused-ring (bicyclic) bond motifs is 1. The molecule has 0 saturated heterocycles. The van der Waals surface area contributed by atoms with E-state index in [2.05, 4.69) is 47.4 Å². The smallest absolute Gasteiger partial charge is 0.0638 e. The third-order valence-electron chi connectivity index (χ3n) is 4.42. The molecule has 0 saturated carbocycles. The molecule has 1 unspecified atom stereocenters. The van der Waals surface area contributed by atoms with Crippen molar-refractivity contribution in [2.75, 3.05) is 13.2 Å². The average molecular weight is 285 g/mol. The van der Waals surface area contributed by atoms with Crippen molar-refractivity contribution in [3.05, 3.63) is 52.8 Å². The van der Waals surface area contributed by atoms with E-state index in [1.54, 1.807) is 0 Å². The number of benzene rings is 1. The Kier molecular flexibility index (Phi) is 4.08. The topological polar surface area (TPSA) is 41.3 Å². The lowest BCUT2D eigenvalue weighted by Gasteiger charge is -2.28. The lowest BCUT2D eigenvalue weighted by molar-refractivity contribution is 0.142. The van der Waals surface area contributed by atoms with Crippen LogP contribution in [0.25, 0.3) is 0 Å². The number of aryl methyl sites for hydroxylation is 3. The van der Waals surface area contributed by atoms with E-state index in [9.17, 15) is 5.11 Å². The highest BCUT2D eigenvalue weighted by atomic mass is 16.3. The van der Waals surface area contributed by atoms with Gasteiger partial charge in [-0.05, 0) is 30.9 Å². The van der Waals surface area contributed by atoms with Crippen LogP contribution in [0.5, 0.6) is 0 Å². The zero-order valence-electron chi connectivity index (χ0n) is 12.8. The van der Waals surface area contributed by atoms with Crippen molar-refractivity contribution < 1.29 is 5.11 Å². The quantitative estimate of drug-likeness (QED) is 0.916. The minimum Gasteiger partial charge on any atom is -0.395 e. The van der Waals surface area contributed by atoms with E-state index < -0.39 is 0 Å². The Morgan fingerprint density at radius 1 is 1.38 bits per heavy atom. The van der Waals surface area contributed by atoms with Crippen molar-refractivity contribution >= 4 is 0 Å². The van der Waals surface area contributed by atoms with Gasteiger partial charge in [0.1, 0.15) is 0 Å². The molecule has 0 aliphatic heterocycles. The molecule has 0 spiro atoms. The van der Waals surface area contributed by atoms with Gasteiger partial charge in [-0.1, -0.05) is 24.3 Å². The van der Waals surface area contributed by atoms with Crippen molar-refractivity contribution in [3.63, 3.8) is 0 Å². The summed E-state index contributed by atoms with van der Waals surface area (Å²) >= 11 is 0. The molecule has 0 fully saturated rings. The highest BCUT2D eigenvalue weighted by Crippen LogP contribution is 2.36. The summed E-state index contributed by atoms with van der Waals surface area (Å²) in [5.41, 5.74) is 5.20. The molecule has 1 aromatic carbocycles. The van der Waals surface area contributed by atoms with E-state index in [0.29, 0.717) is 12.6 Å². The van der Waals surface area contributed by atoms with Crippen LogP contribution in [0.15, 0.2) is 30.5 Å². The second-order valence-electron chi connectivity index (χ2n) is 5.86. The maximum Gasteiger partial charge on any atom is 0.0638 e. The minimum atomic E-state index is 0.192. The molecular formula is C17H23N3O. The van der Waals surface area contributed by atoms with Crippen LogP contribution >= 0.6 is 0 Å². The van der Waals surface area contributed by atoms with Crippen LogP contribution < -0.4 is 0 Å². The first-order valence-corrected chi connectivity index (χ1v) is 7.61. The molecule has 1 N–H and O–H groups in total. The molecule has 4 heteroatoms. The maximum absolute atomic E-state index is 9.44. The lowest BCUT2D eigenvalue weighted by Crippen LogP contribution is -2.30. The Hall–Kier alpha value is -1.65. The fraction of sp³-hybridized carbons (Fsp3) is 0.471. The molecule has 1 heterocycles. The number of hydrogen-bond donors (Lipinski definition) is 1. The van der Waals surface area contributed by atoms with Crippen LogP contribution in [0.3, 0.4) is 0 Å². The van der Waals surface area contributed by atoms with Gasteiger partial charge in [0.2, 0.25) is 0 Å². The van der Waals surface area contributed by atoms with Crippen LogP contribution in [0, 0.1) is 6.92 Å². The van der Waals surface area contributed by atoms with E-state index in [1.807, 2.05) is 11.7 Å². The molecule has 3 rings (SSSR count). The summed E-state index contributed by atoms with van der Waals surface area (Å²) in [5, 5.41) is 13.9. The van der Waals surface area contributed by atoms with Crippen molar-refractivity contribution in [2.45, 2.75) is 32.4 Å². The molecule has 0 bridgehead atoms. The van der Waals surface area contributed by atoms with Crippen molar-refractivity contribution in [3.8, 4) is 0 Å². The van der Waals surface area contributed by atoms with E-state index >= 15 is 0 Å². The maximum atomic E-state index is 9.44. The van der Waals surface area contributed by atoms with Crippen LogP contribution in [0.1, 0.15) is 34.8 Å². The van der Waals surface area contributed by atoms with E-state index in [0.717, 1.165) is 25.1 Å². The van der Waals surface area contributed by atoms with Crippen LogP contribution in [-0.2, 0) is 20.0 Å². The summed E-state index contributed by atoms with van der Waals surface area (Å²) in [5.74, 6) is 0. The minimum absolute atomic E-state index is 0.192. The second kappa shape index (κ2) is 6.00. The SMILES string of the molecule is Cc1nn(C)cc1CN(CCO)C1CCc2ccccc21. The monoisotopic (exact) mass is 285 g/mol. The number of aliphatic hydroxyl groups excluding tert-OH is 1. The predicted molar refractivity (Wildman–Crippen MR) is 82.9 cm³/mol. The summed E-state index contributed by atoms with van der Waals surface area (Å²) in [6, 6.07) is 9.09. The summed E-state index contributed by atoms with van der Waals surface area (Å²) in [4.78, 5) is 2.38. The number of rotatable bonds is 5. The van der Waals surface area contributed by atoms with Crippen molar-refractivity contribution in [1.82, 2.24) is 14.7 Å². The van der Waals surface area contributed by atoms with Crippen LogP contribution in [0.2, 0.25) is 0 Å². The molecule has 21 heavy (non-hydrogen) atoms. The first-order chi connectivity index (χ1) is 10.2. The van der Waals surface area contributed by atoms with Gasteiger partial charge in [-0.2, -0.15) is 5.10 Å². The molecule has 4 nitrogen and oxygen atoms in total. The number of aliphatic hydroxyl groups is 1. The van der Waals surface area contributed by atoms with Gasteiger partial charge in [0.05, 0.1) is 12.3 Å². The molecular weight excluding hydrogens is 262 g/mol. The van der Waals surface area contributed by atoms with Gasteiger partial charge in [-0.15, -0.1) is 0 Å². The zero-order chi connectivity index (χ0) is 14.8. The van der Waals surface area contributed by atoms with Crippen LogP contribution in [0.4, 0.5) is 0 Å². The number of aromatic nitrogens is 2. The van der Waals surface area contributed by atoms with Gasteiger partial charge in [-0.25, -0.2) is 0 Å². The van der Waals surface area contributed by atoms with E-state index in [-0.39, 0.29) is 6.61 Å². The largest absolute Gasteiger partial charge is 0.395 e. The fourth-order valence-corrected chi connectivity index (χ4v) is 3.41. The predicted octanol–water partition coefficient (Wildman–Crippen LogP) is 2.21. The van der Waals surface area contributed by atoms with Gasteiger partial charge in [0, 0.05) is 37.9 Å². The summed E-state index contributed by atoms with van der Waals surface area (Å²) in [6.45, 7) is 3.79. The van der Waals surface area contributed by atoms with E-state index in [4.69, 9.17) is 0 Å². The first kappa shape index (κ1) is 14.3. The van der Waals surface area contributed by atoms with Gasteiger partial charge in [0.15, 0.2) is 0 Å². The number of hydrogen-bond acceptors (Lipinski definition) is 3. The highest BCUT2D eigenvalue weighted by molar-refractivity contribution is 5.34. The summed E-state index contributed by atoms with van der Waals surface area (Å²) in [6.07, 6.45) is 4.36. The van der Waals surface area contributed by atoms with Gasteiger partial charge in [0.25, 0.3) is 0 Å². The molecule has 0 radical (unpaired) electrons. The van der Waals surface area contributed by atoms with Crippen molar-refractivity contribution in [2.24, 2.45) is 7.05 Å². The molecule has 1 atom stereocenters. The normalized spacial score (nSPS) is 17.4. The Balaban J connectivity index is 1.84. The number of nitrogens with zero attached hydrogens (tertiary/aromatic N) is 3. The standard InChI is InChI=1S/C17H23N3O/c1-13-15(11-19(2)18-13)12-20(9-10-21)17-8-7-14-5-3-4-6-16(14)17/h3-6,11,17,21H,7-10,12H2,1-2H3. The Morgan fingerprint density at radius 3 is 2.90 bits per heavy atom. The van der Waals surface area contributed by atoms with Crippen LogP contribution in [-0.4, -0.2) is 32.9 Å². The highest BCUT2D eigenvalue weighted by Gasteiger charge is 2.27. The Bertz CT molecular complexity index is 620. The van der Waals surface area contributed by atoms with Gasteiger partial charge in [-0.3, -0.25) is 9.58 Å². The summed E-state index contributed by atoms with van der Waals surface area (Å²) in [7, 11) is 1.96. The molecule has 1 aliphatic rings. The molecule has 112 valence electrons.